The van der Waals surface area contributed by atoms with Gasteiger partial charge in [0.15, 0.2) is 13.6 Å². The van der Waals surface area contributed by atoms with Gasteiger partial charge in [0.05, 0.1) is 0 Å². The molecule has 2 saturated carbocycles. The average Bonchev–Trinajstić information content (AvgIpc) is 2.61. The number of hydrogen-bond donors (Lipinski definition) is 2. The SMILES string of the molecule is O=C(C=CC1(C=CC(=O)OCO)CCCCC12CCCCC2)OCO. The third-order valence-corrected chi connectivity index (χ3v) is 5.74. The zero-order chi connectivity index (χ0) is 18.2. The van der Waals surface area contributed by atoms with Crippen LogP contribution in [0.4, 0.5) is 0 Å². The van der Waals surface area contributed by atoms with Crippen molar-refractivity contribution in [3.8, 4) is 0 Å². The van der Waals surface area contributed by atoms with Gasteiger partial charge in [-0.3, -0.25) is 0 Å². The van der Waals surface area contributed by atoms with Gasteiger partial charge in [-0.1, -0.05) is 44.3 Å². The number of aliphatic hydroxyl groups excluding tert-OH is 2. The van der Waals surface area contributed by atoms with Crippen LogP contribution in [0.1, 0.15) is 57.8 Å². The summed E-state index contributed by atoms with van der Waals surface area (Å²) in [6.07, 6.45) is 16.1. The molecule has 6 nitrogen and oxygen atoms in total. The van der Waals surface area contributed by atoms with Gasteiger partial charge in [-0.05, 0) is 31.1 Å². The first-order valence-electron chi connectivity index (χ1n) is 9.01. The molecule has 1 spiro atoms. The number of ether oxygens (including phenoxy) is 2. The molecule has 0 amide bonds. The van der Waals surface area contributed by atoms with Gasteiger partial charge in [-0.25, -0.2) is 9.59 Å². The fourth-order valence-electron chi connectivity index (χ4n) is 4.56. The smallest absolute Gasteiger partial charge is 0.332 e. The van der Waals surface area contributed by atoms with Crippen molar-refractivity contribution in [3.63, 3.8) is 0 Å². The van der Waals surface area contributed by atoms with Crippen LogP contribution in [0.2, 0.25) is 0 Å². The van der Waals surface area contributed by atoms with Gasteiger partial charge >= 0.3 is 11.9 Å². The Balaban J connectivity index is 2.34. The summed E-state index contributed by atoms with van der Waals surface area (Å²) in [5.74, 6) is -1.19. The van der Waals surface area contributed by atoms with Gasteiger partial charge in [0.1, 0.15) is 0 Å². The highest BCUT2D eigenvalue weighted by Crippen LogP contribution is 2.59. The molecule has 0 atom stereocenters. The first-order valence-corrected chi connectivity index (χ1v) is 9.01. The van der Waals surface area contributed by atoms with E-state index in [0.29, 0.717) is 0 Å². The summed E-state index contributed by atoms with van der Waals surface area (Å²) in [4.78, 5) is 23.4. The summed E-state index contributed by atoms with van der Waals surface area (Å²) in [6.45, 7) is -1.31. The number of allylic oxidation sites excluding steroid dienone is 2. The lowest BCUT2D eigenvalue weighted by molar-refractivity contribution is -0.146. The molecule has 0 bridgehead atoms. The van der Waals surface area contributed by atoms with Crippen molar-refractivity contribution in [2.75, 3.05) is 13.6 Å². The molecule has 0 aliphatic heterocycles. The number of aliphatic hydroxyl groups is 2. The Bertz CT molecular complexity index is 480. The van der Waals surface area contributed by atoms with Gasteiger partial charge in [-0.2, -0.15) is 0 Å². The number of esters is 2. The van der Waals surface area contributed by atoms with E-state index in [2.05, 4.69) is 9.47 Å². The number of rotatable bonds is 6. The molecule has 6 heteroatoms. The van der Waals surface area contributed by atoms with Gasteiger partial charge in [0.2, 0.25) is 0 Å². The predicted octanol–water partition coefficient (Wildman–Crippen LogP) is 2.60. The van der Waals surface area contributed by atoms with Gasteiger partial charge < -0.3 is 19.7 Å². The van der Waals surface area contributed by atoms with Crippen molar-refractivity contribution < 1.29 is 29.3 Å². The molecule has 140 valence electrons. The quantitative estimate of drug-likeness (QED) is 0.434. The van der Waals surface area contributed by atoms with E-state index in [1.165, 1.54) is 18.6 Å². The van der Waals surface area contributed by atoms with E-state index >= 15 is 0 Å². The van der Waals surface area contributed by atoms with Crippen LogP contribution in [0.5, 0.6) is 0 Å². The molecule has 25 heavy (non-hydrogen) atoms. The van der Waals surface area contributed by atoms with Crippen LogP contribution in [-0.2, 0) is 19.1 Å². The molecule has 2 aliphatic rings. The third-order valence-electron chi connectivity index (χ3n) is 5.74. The maximum atomic E-state index is 11.7. The molecule has 0 aromatic rings. The largest absolute Gasteiger partial charge is 0.436 e. The maximum Gasteiger partial charge on any atom is 0.332 e. The number of carbonyl (C=O) groups excluding carboxylic acids is 2. The van der Waals surface area contributed by atoms with Crippen molar-refractivity contribution in [2.45, 2.75) is 57.8 Å². The van der Waals surface area contributed by atoms with E-state index in [1.807, 2.05) is 12.2 Å². The van der Waals surface area contributed by atoms with E-state index in [9.17, 15) is 9.59 Å². The molecule has 0 unspecified atom stereocenters. The highest BCUT2D eigenvalue weighted by molar-refractivity contribution is 5.83. The highest BCUT2D eigenvalue weighted by atomic mass is 16.6. The number of carbonyl (C=O) groups is 2. The van der Waals surface area contributed by atoms with E-state index in [-0.39, 0.29) is 5.41 Å². The Morgan fingerprint density at radius 1 is 0.760 bits per heavy atom. The van der Waals surface area contributed by atoms with Crippen LogP contribution in [0.15, 0.2) is 24.3 Å². The molecule has 0 heterocycles. The second-order valence-corrected chi connectivity index (χ2v) is 6.94. The average molecular weight is 352 g/mol. The summed E-state index contributed by atoms with van der Waals surface area (Å²) in [6, 6.07) is 0. The maximum absolute atomic E-state index is 11.7. The lowest BCUT2D eigenvalue weighted by Crippen LogP contribution is -2.44. The minimum Gasteiger partial charge on any atom is -0.436 e. The third kappa shape index (κ3) is 4.70. The minimum atomic E-state index is -0.653. The van der Waals surface area contributed by atoms with Gasteiger partial charge in [0.25, 0.3) is 0 Å². The minimum absolute atomic E-state index is 0.0233. The molecule has 2 rings (SSSR count). The van der Waals surface area contributed by atoms with E-state index in [1.54, 1.807) is 0 Å². The van der Waals surface area contributed by atoms with Crippen molar-refractivity contribution in [2.24, 2.45) is 10.8 Å². The summed E-state index contributed by atoms with van der Waals surface area (Å²) in [7, 11) is 0. The van der Waals surface area contributed by atoms with E-state index < -0.39 is 30.9 Å². The molecule has 2 fully saturated rings. The highest BCUT2D eigenvalue weighted by Gasteiger charge is 2.49. The molecule has 0 aromatic heterocycles. The Hall–Kier alpha value is -1.66. The van der Waals surface area contributed by atoms with Crippen LogP contribution in [0.25, 0.3) is 0 Å². The first kappa shape index (κ1) is 19.7. The van der Waals surface area contributed by atoms with E-state index in [4.69, 9.17) is 10.2 Å². The van der Waals surface area contributed by atoms with Crippen LogP contribution < -0.4 is 0 Å². The molecule has 0 saturated heterocycles. The van der Waals surface area contributed by atoms with Crippen molar-refractivity contribution >= 4 is 11.9 Å². The van der Waals surface area contributed by atoms with Gasteiger partial charge in [-0.15, -0.1) is 0 Å². The summed E-state index contributed by atoms with van der Waals surface area (Å²) in [5.41, 5.74) is -0.399. The number of hydrogen-bond acceptors (Lipinski definition) is 6. The first-order chi connectivity index (χ1) is 12.1. The second kappa shape index (κ2) is 9.15. The Kier molecular flexibility index (Phi) is 7.20. The molecule has 2 N–H and O–H groups in total. The topological polar surface area (TPSA) is 93.1 Å². The van der Waals surface area contributed by atoms with Gasteiger partial charge in [0, 0.05) is 17.6 Å². The zero-order valence-electron chi connectivity index (χ0n) is 14.6. The Labute approximate surface area is 148 Å². The lowest BCUT2D eigenvalue weighted by atomic mass is 9.51. The molecular formula is C19H28O6. The zero-order valence-corrected chi connectivity index (χ0v) is 14.6. The lowest BCUT2D eigenvalue weighted by Gasteiger charge is -2.53. The molecule has 2 aliphatic carbocycles. The second-order valence-electron chi connectivity index (χ2n) is 6.94. The normalized spacial score (nSPS) is 26.2. The van der Waals surface area contributed by atoms with Crippen LogP contribution in [0, 0.1) is 10.8 Å². The van der Waals surface area contributed by atoms with Crippen LogP contribution >= 0.6 is 0 Å². The van der Waals surface area contributed by atoms with Crippen molar-refractivity contribution in [1.82, 2.24) is 0 Å². The van der Waals surface area contributed by atoms with Crippen LogP contribution in [0.3, 0.4) is 0 Å². The predicted molar refractivity (Wildman–Crippen MR) is 91.1 cm³/mol. The standard InChI is InChI=1S/C19H28O6/c20-14-24-16(22)6-12-19(13-7-17(23)25-15-21)11-5-4-10-18(19)8-2-1-3-9-18/h6-7,12-13,20-21H,1-5,8-11,14-15H2. The van der Waals surface area contributed by atoms with Crippen molar-refractivity contribution in [3.05, 3.63) is 24.3 Å². The van der Waals surface area contributed by atoms with Crippen LogP contribution in [-0.4, -0.2) is 35.7 Å². The summed E-state index contributed by atoms with van der Waals surface area (Å²) in [5, 5.41) is 17.5. The Morgan fingerprint density at radius 3 is 1.68 bits per heavy atom. The monoisotopic (exact) mass is 352 g/mol. The summed E-state index contributed by atoms with van der Waals surface area (Å²) >= 11 is 0. The molecule has 0 radical (unpaired) electrons. The fraction of sp³-hybridized carbons (Fsp3) is 0.684. The van der Waals surface area contributed by atoms with Crippen molar-refractivity contribution in [1.29, 1.82) is 0 Å². The summed E-state index contributed by atoms with van der Waals surface area (Å²) < 4.78 is 9.20. The van der Waals surface area contributed by atoms with E-state index in [0.717, 1.165) is 51.4 Å². The molecular weight excluding hydrogens is 324 g/mol. The molecule has 0 aromatic carbocycles. The Morgan fingerprint density at radius 2 is 1.20 bits per heavy atom. The fourth-order valence-corrected chi connectivity index (χ4v) is 4.56.